The lowest BCUT2D eigenvalue weighted by molar-refractivity contribution is 0.0536. The third-order valence-electron chi connectivity index (χ3n) is 4.64. The molecule has 1 aromatic heterocycles. The number of halogens is 2. The molecule has 0 aliphatic carbocycles. The van der Waals surface area contributed by atoms with E-state index in [0.29, 0.717) is 22.5 Å². The Bertz CT molecular complexity index is 1260. The first-order chi connectivity index (χ1) is 15.4. The molecule has 0 bridgehead atoms. The normalized spacial score (nSPS) is 12.0. The van der Waals surface area contributed by atoms with E-state index in [1.165, 1.54) is 0 Å². The number of H-pyrrole nitrogens is 1. The van der Waals surface area contributed by atoms with Gasteiger partial charge in [-0.1, -0.05) is 12.1 Å². The lowest BCUT2D eigenvalue weighted by Crippen LogP contribution is -2.21. The van der Waals surface area contributed by atoms with Crippen LogP contribution in [0.25, 0.3) is 22.4 Å². The van der Waals surface area contributed by atoms with Gasteiger partial charge < -0.3 is 25.3 Å². The van der Waals surface area contributed by atoms with E-state index in [0.717, 1.165) is 18.2 Å². The number of anilines is 1. The van der Waals surface area contributed by atoms with Crippen molar-refractivity contribution in [2.24, 2.45) is 0 Å². The molecule has 0 aliphatic heterocycles. The van der Waals surface area contributed by atoms with E-state index in [4.69, 9.17) is 9.84 Å². The Kier molecular flexibility index (Phi) is 6.11. The zero-order chi connectivity index (χ0) is 22.7. The molecule has 3 aromatic carbocycles. The molecule has 4 N–H and O–H groups in total. The van der Waals surface area contributed by atoms with E-state index in [1.54, 1.807) is 42.5 Å². The summed E-state index contributed by atoms with van der Waals surface area (Å²) in [6.45, 7) is -0.516. The maximum absolute atomic E-state index is 13.6. The Morgan fingerprint density at radius 2 is 1.84 bits per heavy atom. The molecular weight excluding hydrogens is 420 g/mol. The van der Waals surface area contributed by atoms with Gasteiger partial charge in [0.2, 0.25) is 0 Å². The first-order valence-electron chi connectivity index (χ1n) is 9.71. The van der Waals surface area contributed by atoms with Crippen LogP contribution in [0.5, 0.6) is 5.75 Å². The lowest BCUT2D eigenvalue weighted by atomic mass is 10.1. The second-order valence-electron chi connectivity index (χ2n) is 7.07. The van der Waals surface area contributed by atoms with Gasteiger partial charge in [0.1, 0.15) is 41.4 Å². The Balaban J connectivity index is 1.58. The molecule has 1 amide bonds. The Morgan fingerprint density at radius 1 is 1.09 bits per heavy atom. The number of para-hydroxylation sites is 1. The molecule has 4 aromatic rings. The van der Waals surface area contributed by atoms with Crippen LogP contribution in [-0.4, -0.2) is 45.4 Å². The molecule has 1 unspecified atom stereocenters. The summed E-state index contributed by atoms with van der Waals surface area (Å²) >= 11 is 0. The summed E-state index contributed by atoms with van der Waals surface area (Å²) in [4.78, 5) is 20.3. The third kappa shape index (κ3) is 4.74. The van der Waals surface area contributed by atoms with Crippen LogP contribution >= 0.6 is 0 Å². The lowest BCUT2D eigenvalue weighted by Gasteiger charge is -2.11. The molecule has 0 fully saturated rings. The number of rotatable bonds is 7. The Hall–Kier alpha value is -3.82. The maximum atomic E-state index is 13.6. The standard InChI is InChI=1S/C23H19F2N3O4/c24-14-7-13(8-15(25)9-14)22-27-20-6-2-5-19(21(20)28-22)23(31)26-16-3-1-4-18(10-16)32-12-17(30)11-29/h1-10,17,29-30H,11-12H2,(H,26,31)(H,27,28). The zero-order valence-electron chi connectivity index (χ0n) is 16.7. The van der Waals surface area contributed by atoms with Crippen LogP contribution in [0.15, 0.2) is 60.7 Å². The van der Waals surface area contributed by atoms with Crippen LogP contribution in [0.3, 0.4) is 0 Å². The van der Waals surface area contributed by atoms with Crippen molar-refractivity contribution in [1.29, 1.82) is 0 Å². The molecule has 164 valence electrons. The molecule has 9 heteroatoms. The summed E-state index contributed by atoms with van der Waals surface area (Å²) < 4.78 is 32.6. The Morgan fingerprint density at radius 3 is 2.59 bits per heavy atom. The fraction of sp³-hybridized carbons (Fsp3) is 0.130. The van der Waals surface area contributed by atoms with Crippen LogP contribution in [-0.2, 0) is 0 Å². The molecule has 0 aliphatic rings. The molecule has 0 saturated carbocycles. The summed E-state index contributed by atoms with van der Waals surface area (Å²) in [5, 5.41) is 21.0. The third-order valence-corrected chi connectivity index (χ3v) is 4.64. The van der Waals surface area contributed by atoms with Crippen molar-refractivity contribution < 1.29 is 28.5 Å². The van der Waals surface area contributed by atoms with Crippen molar-refractivity contribution in [3.63, 3.8) is 0 Å². The van der Waals surface area contributed by atoms with E-state index >= 15 is 0 Å². The van der Waals surface area contributed by atoms with Crippen LogP contribution in [0.2, 0.25) is 0 Å². The molecular formula is C23H19F2N3O4. The summed E-state index contributed by atoms with van der Waals surface area (Å²) in [6, 6.07) is 14.6. The fourth-order valence-corrected chi connectivity index (χ4v) is 3.15. The van der Waals surface area contributed by atoms with Gasteiger partial charge in [0.05, 0.1) is 17.7 Å². The number of nitrogens with zero attached hydrogens (tertiary/aromatic N) is 1. The fourth-order valence-electron chi connectivity index (χ4n) is 3.15. The molecule has 0 radical (unpaired) electrons. The van der Waals surface area contributed by atoms with Crippen molar-refractivity contribution in [2.45, 2.75) is 6.10 Å². The minimum Gasteiger partial charge on any atom is -0.491 e. The number of carbonyl (C=O) groups is 1. The number of aliphatic hydroxyl groups is 2. The quantitative estimate of drug-likeness (QED) is 0.353. The summed E-state index contributed by atoms with van der Waals surface area (Å²) in [5.41, 5.74) is 1.82. The van der Waals surface area contributed by atoms with Crippen LogP contribution in [0.4, 0.5) is 14.5 Å². The molecule has 4 rings (SSSR count). The number of imidazole rings is 1. The van der Waals surface area contributed by atoms with E-state index in [1.807, 2.05) is 0 Å². The number of aliphatic hydroxyl groups excluding tert-OH is 2. The average molecular weight is 439 g/mol. The number of hydrogen-bond donors (Lipinski definition) is 4. The Labute approximate surface area is 181 Å². The first-order valence-corrected chi connectivity index (χ1v) is 9.71. The van der Waals surface area contributed by atoms with E-state index in [2.05, 4.69) is 15.3 Å². The van der Waals surface area contributed by atoms with Crippen LogP contribution in [0.1, 0.15) is 10.4 Å². The van der Waals surface area contributed by atoms with Gasteiger partial charge in [-0.2, -0.15) is 0 Å². The number of fused-ring (bicyclic) bond motifs is 1. The second kappa shape index (κ2) is 9.13. The summed E-state index contributed by atoms with van der Waals surface area (Å²) in [7, 11) is 0. The number of benzene rings is 3. The number of aromatic amines is 1. The second-order valence-corrected chi connectivity index (χ2v) is 7.07. The number of amides is 1. The molecule has 1 heterocycles. The van der Waals surface area contributed by atoms with E-state index in [9.17, 15) is 18.7 Å². The predicted octanol–water partition coefficient (Wildman–Crippen LogP) is 3.49. The zero-order valence-corrected chi connectivity index (χ0v) is 16.7. The van der Waals surface area contributed by atoms with Crippen molar-refractivity contribution in [3.8, 4) is 17.1 Å². The maximum Gasteiger partial charge on any atom is 0.257 e. The monoisotopic (exact) mass is 439 g/mol. The van der Waals surface area contributed by atoms with Gasteiger partial charge in [0.25, 0.3) is 5.91 Å². The number of nitrogens with one attached hydrogen (secondary N) is 2. The predicted molar refractivity (Wildman–Crippen MR) is 114 cm³/mol. The first kappa shape index (κ1) is 21.4. The van der Waals surface area contributed by atoms with Crippen molar-refractivity contribution in [1.82, 2.24) is 9.97 Å². The summed E-state index contributed by atoms with van der Waals surface area (Å²) in [6.07, 6.45) is -1.01. The number of ether oxygens (including phenoxy) is 1. The topological polar surface area (TPSA) is 107 Å². The van der Waals surface area contributed by atoms with Gasteiger partial charge in [-0.25, -0.2) is 13.8 Å². The van der Waals surface area contributed by atoms with Gasteiger partial charge >= 0.3 is 0 Å². The van der Waals surface area contributed by atoms with Crippen LogP contribution < -0.4 is 10.1 Å². The number of hydrogen-bond acceptors (Lipinski definition) is 5. The number of carbonyl (C=O) groups excluding carboxylic acids is 1. The van der Waals surface area contributed by atoms with E-state index < -0.39 is 30.3 Å². The van der Waals surface area contributed by atoms with Crippen molar-refractivity contribution in [2.75, 3.05) is 18.5 Å². The largest absolute Gasteiger partial charge is 0.491 e. The van der Waals surface area contributed by atoms with Gasteiger partial charge in [0, 0.05) is 23.4 Å². The van der Waals surface area contributed by atoms with Gasteiger partial charge in [-0.05, 0) is 36.4 Å². The van der Waals surface area contributed by atoms with Gasteiger partial charge in [-0.15, -0.1) is 0 Å². The van der Waals surface area contributed by atoms with Gasteiger partial charge in [-0.3, -0.25) is 4.79 Å². The van der Waals surface area contributed by atoms with E-state index in [-0.39, 0.29) is 23.6 Å². The molecule has 7 nitrogen and oxygen atoms in total. The minimum atomic E-state index is -1.01. The molecule has 0 spiro atoms. The smallest absolute Gasteiger partial charge is 0.257 e. The highest BCUT2D eigenvalue weighted by atomic mass is 19.1. The number of aromatic nitrogens is 2. The molecule has 1 atom stereocenters. The van der Waals surface area contributed by atoms with Crippen molar-refractivity contribution in [3.05, 3.63) is 77.9 Å². The summed E-state index contributed by atoms with van der Waals surface area (Å²) in [5.74, 6) is -1.26. The average Bonchev–Trinajstić information content (AvgIpc) is 3.21. The highest BCUT2D eigenvalue weighted by molar-refractivity contribution is 6.11. The van der Waals surface area contributed by atoms with Crippen LogP contribution in [0, 0.1) is 11.6 Å². The highest BCUT2D eigenvalue weighted by Gasteiger charge is 2.16. The molecule has 32 heavy (non-hydrogen) atoms. The van der Waals surface area contributed by atoms with Gasteiger partial charge in [0.15, 0.2) is 0 Å². The highest BCUT2D eigenvalue weighted by Crippen LogP contribution is 2.25. The van der Waals surface area contributed by atoms with Crippen molar-refractivity contribution >= 4 is 22.6 Å². The SMILES string of the molecule is O=C(Nc1cccc(OCC(O)CO)c1)c1cccc2[nH]c(-c3cc(F)cc(F)c3)nc12. The molecule has 0 saturated heterocycles. The minimum absolute atomic E-state index is 0.0933.